The highest BCUT2D eigenvalue weighted by molar-refractivity contribution is 5.69. The van der Waals surface area contributed by atoms with Crippen molar-refractivity contribution in [3.05, 3.63) is 0 Å². The number of aliphatic hydroxyl groups is 1. The molecule has 0 aromatic rings. The van der Waals surface area contributed by atoms with Crippen molar-refractivity contribution >= 4 is 11.9 Å². The van der Waals surface area contributed by atoms with Crippen molar-refractivity contribution in [3.63, 3.8) is 0 Å². The molecule has 21 heavy (non-hydrogen) atoms. The van der Waals surface area contributed by atoms with Crippen LogP contribution < -0.4 is 0 Å². The molecule has 0 fully saturated rings. The average molecular weight is 302 g/mol. The van der Waals surface area contributed by atoms with E-state index in [1.54, 1.807) is 0 Å². The van der Waals surface area contributed by atoms with Gasteiger partial charge in [-0.15, -0.1) is 0 Å². The summed E-state index contributed by atoms with van der Waals surface area (Å²) in [4.78, 5) is 22.6. The number of esters is 2. The number of hydrogen-bond donors (Lipinski definition) is 1. The SMILES string of the molecule is CCCCOC(=O)CCCCCOC(=O)CCCCCO. The summed E-state index contributed by atoms with van der Waals surface area (Å²) in [5.41, 5.74) is 0. The van der Waals surface area contributed by atoms with Crippen LogP contribution in [0.15, 0.2) is 0 Å². The van der Waals surface area contributed by atoms with Gasteiger partial charge in [-0.3, -0.25) is 9.59 Å². The van der Waals surface area contributed by atoms with Gasteiger partial charge in [0.05, 0.1) is 13.2 Å². The number of hydrogen-bond acceptors (Lipinski definition) is 5. The van der Waals surface area contributed by atoms with Crippen LogP contribution in [-0.4, -0.2) is 36.9 Å². The lowest BCUT2D eigenvalue weighted by Gasteiger charge is -2.05. The van der Waals surface area contributed by atoms with Crippen LogP contribution in [0.2, 0.25) is 0 Å². The topological polar surface area (TPSA) is 72.8 Å². The molecule has 0 aliphatic heterocycles. The summed E-state index contributed by atoms with van der Waals surface area (Å²) in [6.45, 7) is 3.17. The fourth-order valence-corrected chi connectivity index (χ4v) is 1.77. The van der Waals surface area contributed by atoms with E-state index < -0.39 is 0 Å². The van der Waals surface area contributed by atoms with E-state index in [0.717, 1.165) is 51.4 Å². The molecule has 0 aliphatic rings. The van der Waals surface area contributed by atoms with E-state index in [4.69, 9.17) is 14.6 Å². The molecule has 0 heterocycles. The zero-order valence-electron chi connectivity index (χ0n) is 13.3. The van der Waals surface area contributed by atoms with Crippen LogP contribution in [0, 0.1) is 0 Å². The van der Waals surface area contributed by atoms with Crippen LogP contribution in [0.25, 0.3) is 0 Å². The standard InChI is InChI=1S/C16H30O5/c1-2-3-13-20-15(18)11-7-5-9-14-21-16(19)10-6-4-8-12-17/h17H,2-14H2,1H3. The van der Waals surface area contributed by atoms with E-state index in [0.29, 0.717) is 26.1 Å². The van der Waals surface area contributed by atoms with Gasteiger partial charge in [-0.1, -0.05) is 19.8 Å². The Kier molecular flexibility index (Phi) is 14.5. The van der Waals surface area contributed by atoms with Crippen LogP contribution in [0.4, 0.5) is 0 Å². The Morgan fingerprint density at radius 3 is 1.81 bits per heavy atom. The first-order valence-corrected chi connectivity index (χ1v) is 8.12. The Bertz CT molecular complexity index is 265. The molecule has 0 radical (unpaired) electrons. The maximum absolute atomic E-state index is 11.3. The van der Waals surface area contributed by atoms with Gasteiger partial charge in [0.2, 0.25) is 0 Å². The molecule has 0 aliphatic carbocycles. The molecule has 124 valence electrons. The number of aliphatic hydroxyl groups excluding tert-OH is 1. The van der Waals surface area contributed by atoms with Gasteiger partial charge in [-0.05, 0) is 38.5 Å². The molecule has 0 spiro atoms. The maximum atomic E-state index is 11.3. The third kappa shape index (κ3) is 15.1. The Morgan fingerprint density at radius 1 is 0.762 bits per heavy atom. The van der Waals surface area contributed by atoms with Crippen LogP contribution in [-0.2, 0) is 19.1 Å². The summed E-state index contributed by atoms with van der Waals surface area (Å²) < 4.78 is 10.1. The van der Waals surface area contributed by atoms with Crippen molar-refractivity contribution in [3.8, 4) is 0 Å². The number of carbonyl (C=O) groups excluding carboxylic acids is 2. The lowest BCUT2D eigenvalue weighted by atomic mass is 10.2. The van der Waals surface area contributed by atoms with Crippen LogP contribution in [0.5, 0.6) is 0 Å². The van der Waals surface area contributed by atoms with Crippen LogP contribution in [0.1, 0.15) is 71.1 Å². The summed E-state index contributed by atoms with van der Waals surface area (Å²) in [6, 6.07) is 0. The van der Waals surface area contributed by atoms with Gasteiger partial charge < -0.3 is 14.6 Å². The third-order valence-corrected chi connectivity index (χ3v) is 3.09. The van der Waals surface area contributed by atoms with Gasteiger partial charge in [0.1, 0.15) is 0 Å². The summed E-state index contributed by atoms with van der Waals surface area (Å²) >= 11 is 0. The summed E-state index contributed by atoms with van der Waals surface area (Å²) in [5.74, 6) is -0.309. The van der Waals surface area contributed by atoms with E-state index in [2.05, 4.69) is 6.92 Å². The highest BCUT2D eigenvalue weighted by atomic mass is 16.5. The third-order valence-electron chi connectivity index (χ3n) is 3.09. The average Bonchev–Trinajstić information content (AvgIpc) is 2.47. The minimum absolute atomic E-state index is 0.135. The second-order valence-corrected chi connectivity index (χ2v) is 5.14. The zero-order valence-corrected chi connectivity index (χ0v) is 13.3. The van der Waals surface area contributed by atoms with Crippen molar-refractivity contribution in [2.24, 2.45) is 0 Å². The number of ether oxygens (including phenoxy) is 2. The van der Waals surface area contributed by atoms with Crippen LogP contribution in [0.3, 0.4) is 0 Å². The van der Waals surface area contributed by atoms with E-state index in [1.807, 2.05) is 0 Å². The lowest BCUT2D eigenvalue weighted by Crippen LogP contribution is -2.07. The molecule has 0 atom stereocenters. The number of rotatable bonds is 14. The smallest absolute Gasteiger partial charge is 0.305 e. The van der Waals surface area contributed by atoms with Crippen molar-refractivity contribution < 1.29 is 24.2 Å². The largest absolute Gasteiger partial charge is 0.466 e. The van der Waals surface area contributed by atoms with Crippen LogP contribution >= 0.6 is 0 Å². The van der Waals surface area contributed by atoms with Gasteiger partial charge in [-0.25, -0.2) is 0 Å². The normalized spacial score (nSPS) is 10.4. The quantitative estimate of drug-likeness (QED) is 0.394. The number of carbonyl (C=O) groups is 2. The van der Waals surface area contributed by atoms with Gasteiger partial charge in [-0.2, -0.15) is 0 Å². The Morgan fingerprint density at radius 2 is 1.29 bits per heavy atom. The zero-order chi connectivity index (χ0) is 15.8. The fraction of sp³-hybridized carbons (Fsp3) is 0.875. The van der Waals surface area contributed by atoms with Crippen molar-refractivity contribution in [2.45, 2.75) is 71.1 Å². The molecule has 0 amide bonds. The molecular formula is C16H30O5. The van der Waals surface area contributed by atoms with E-state index in [9.17, 15) is 9.59 Å². The summed E-state index contributed by atoms with van der Waals surface area (Å²) in [7, 11) is 0. The van der Waals surface area contributed by atoms with Crippen molar-refractivity contribution in [1.82, 2.24) is 0 Å². The molecular weight excluding hydrogens is 272 g/mol. The second-order valence-electron chi connectivity index (χ2n) is 5.14. The molecule has 1 N–H and O–H groups in total. The molecule has 0 bridgehead atoms. The minimum atomic E-state index is -0.174. The Hall–Kier alpha value is -1.10. The summed E-state index contributed by atoms with van der Waals surface area (Å²) in [6.07, 6.45) is 7.59. The molecule has 0 aromatic heterocycles. The monoisotopic (exact) mass is 302 g/mol. The second kappa shape index (κ2) is 15.3. The first-order chi connectivity index (χ1) is 10.2. The van der Waals surface area contributed by atoms with Gasteiger partial charge in [0.15, 0.2) is 0 Å². The molecule has 0 rings (SSSR count). The maximum Gasteiger partial charge on any atom is 0.305 e. The van der Waals surface area contributed by atoms with Crippen molar-refractivity contribution in [2.75, 3.05) is 19.8 Å². The first-order valence-electron chi connectivity index (χ1n) is 8.12. The Labute approximate surface area is 128 Å². The van der Waals surface area contributed by atoms with Gasteiger partial charge in [0.25, 0.3) is 0 Å². The Balaban J connectivity index is 3.27. The van der Waals surface area contributed by atoms with Gasteiger partial charge >= 0.3 is 11.9 Å². The number of unbranched alkanes of at least 4 members (excludes halogenated alkanes) is 5. The molecule has 5 nitrogen and oxygen atoms in total. The molecule has 0 saturated heterocycles. The fourth-order valence-electron chi connectivity index (χ4n) is 1.77. The highest BCUT2D eigenvalue weighted by Crippen LogP contribution is 2.04. The molecule has 0 unspecified atom stereocenters. The predicted molar refractivity (Wildman–Crippen MR) is 80.8 cm³/mol. The molecule has 0 aromatic carbocycles. The molecule has 0 saturated carbocycles. The van der Waals surface area contributed by atoms with Crippen molar-refractivity contribution in [1.29, 1.82) is 0 Å². The summed E-state index contributed by atoms with van der Waals surface area (Å²) in [5, 5.41) is 8.61. The van der Waals surface area contributed by atoms with Gasteiger partial charge in [0, 0.05) is 19.4 Å². The highest BCUT2D eigenvalue weighted by Gasteiger charge is 2.04. The lowest BCUT2D eigenvalue weighted by molar-refractivity contribution is -0.145. The van der Waals surface area contributed by atoms with E-state index in [-0.39, 0.29) is 18.5 Å². The van der Waals surface area contributed by atoms with E-state index >= 15 is 0 Å². The first kappa shape index (κ1) is 19.9. The minimum Gasteiger partial charge on any atom is -0.466 e. The predicted octanol–water partition coefficient (Wildman–Crippen LogP) is 2.99. The van der Waals surface area contributed by atoms with E-state index in [1.165, 1.54) is 0 Å². The molecule has 5 heteroatoms.